The first-order chi connectivity index (χ1) is 4.22. The van der Waals surface area contributed by atoms with Crippen LogP contribution in [0.2, 0.25) is 12.1 Å². The molecule has 1 heteroatoms. The van der Waals surface area contributed by atoms with Gasteiger partial charge in [0.2, 0.25) is 0 Å². The summed E-state index contributed by atoms with van der Waals surface area (Å²) in [5.74, 6) is 0. The quantitative estimate of drug-likeness (QED) is 0.529. The molecule has 0 radical (unpaired) electrons. The second-order valence-corrected chi connectivity index (χ2v) is 6.51. The van der Waals surface area contributed by atoms with Gasteiger partial charge in [-0.3, -0.25) is 0 Å². The molecular weight excluding hydrogens is 124 g/mol. The molecule has 0 aliphatic rings. The third-order valence-electron chi connectivity index (χ3n) is 1.83. The molecule has 1 unspecified atom stereocenters. The minimum absolute atomic E-state index is 0.481. The van der Waals surface area contributed by atoms with E-state index < -0.39 is 8.80 Å². The summed E-state index contributed by atoms with van der Waals surface area (Å²) in [5.41, 5.74) is 0. The van der Waals surface area contributed by atoms with Crippen molar-refractivity contribution in [2.75, 3.05) is 0 Å². The van der Waals surface area contributed by atoms with Gasteiger partial charge in [-0.05, 0) is 6.92 Å². The lowest BCUT2D eigenvalue weighted by Crippen LogP contribution is -2.11. The smallest absolute Gasteiger partial charge is 0.0642 e. The van der Waals surface area contributed by atoms with Crippen LogP contribution < -0.4 is 0 Å². The van der Waals surface area contributed by atoms with E-state index in [9.17, 15) is 0 Å². The molecule has 0 heterocycles. The van der Waals surface area contributed by atoms with E-state index in [2.05, 4.69) is 27.4 Å². The molecule has 0 amide bonds. The van der Waals surface area contributed by atoms with Crippen LogP contribution in [0.3, 0.4) is 0 Å². The van der Waals surface area contributed by atoms with Gasteiger partial charge in [-0.1, -0.05) is 37.6 Å². The molecule has 0 saturated carbocycles. The highest BCUT2D eigenvalue weighted by Crippen LogP contribution is 2.09. The van der Waals surface area contributed by atoms with Gasteiger partial charge in [0.25, 0.3) is 0 Å². The zero-order chi connectivity index (χ0) is 7.28. The van der Waals surface area contributed by atoms with Crippen LogP contribution in [0.25, 0.3) is 0 Å². The van der Waals surface area contributed by atoms with Crippen LogP contribution in [0, 0.1) is 0 Å². The molecule has 0 N–H and O–H groups in total. The summed E-state index contributed by atoms with van der Waals surface area (Å²) in [7, 11) is -0.481. The summed E-state index contributed by atoms with van der Waals surface area (Å²) in [6, 6.07) is 2.84. The van der Waals surface area contributed by atoms with E-state index in [1.165, 1.54) is 23.7 Å². The molecule has 0 fully saturated rings. The van der Waals surface area contributed by atoms with E-state index in [4.69, 9.17) is 0 Å². The zero-order valence-electron chi connectivity index (χ0n) is 6.91. The van der Waals surface area contributed by atoms with Crippen molar-refractivity contribution in [2.45, 2.75) is 39.3 Å². The summed E-state index contributed by atoms with van der Waals surface area (Å²) < 4.78 is 0. The monoisotopic (exact) mass is 142 g/mol. The molecule has 1 atom stereocenters. The SMILES string of the molecule is C=C(C)[SiH](CC)CCC. The third kappa shape index (κ3) is 3.52. The Kier molecular flexibility index (Phi) is 4.78. The topological polar surface area (TPSA) is 0 Å². The van der Waals surface area contributed by atoms with Gasteiger partial charge in [-0.15, -0.1) is 6.58 Å². The van der Waals surface area contributed by atoms with Crippen molar-refractivity contribution in [3.05, 3.63) is 11.8 Å². The fraction of sp³-hybridized carbons (Fsp3) is 0.750. The first-order valence-corrected chi connectivity index (χ1v) is 6.08. The zero-order valence-corrected chi connectivity index (χ0v) is 8.06. The number of hydrogen-bond donors (Lipinski definition) is 0. The van der Waals surface area contributed by atoms with E-state index >= 15 is 0 Å². The largest absolute Gasteiger partial charge is 0.104 e. The fourth-order valence-electron chi connectivity index (χ4n) is 1.15. The Morgan fingerprint density at radius 2 is 2.00 bits per heavy atom. The molecule has 54 valence electrons. The normalized spacial score (nSPS) is 13.2. The first-order valence-electron chi connectivity index (χ1n) is 3.87. The van der Waals surface area contributed by atoms with Crippen molar-refractivity contribution >= 4 is 8.80 Å². The van der Waals surface area contributed by atoms with Crippen LogP contribution in [0.15, 0.2) is 11.8 Å². The molecule has 0 nitrogen and oxygen atoms in total. The summed E-state index contributed by atoms with van der Waals surface area (Å²) in [6.07, 6.45) is 1.34. The Hall–Kier alpha value is -0.0431. The molecule has 0 aliphatic heterocycles. The lowest BCUT2D eigenvalue weighted by atomic mass is 10.6. The van der Waals surface area contributed by atoms with E-state index in [0.717, 1.165) is 0 Å². The van der Waals surface area contributed by atoms with Crippen LogP contribution in [0.4, 0.5) is 0 Å². The maximum Gasteiger partial charge on any atom is 0.0642 e. The predicted octanol–water partition coefficient (Wildman–Crippen LogP) is 2.76. The molecule has 0 spiro atoms. The lowest BCUT2D eigenvalue weighted by Gasteiger charge is -2.09. The molecule has 0 bridgehead atoms. The first kappa shape index (κ1) is 8.96. The highest BCUT2D eigenvalue weighted by Gasteiger charge is 2.05. The molecule has 0 aromatic rings. The summed E-state index contributed by atoms with van der Waals surface area (Å²) in [6.45, 7) is 10.8. The van der Waals surface area contributed by atoms with Crippen molar-refractivity contribution in [1.29, 1.82) is 0 Å². The second-order valence-electron chi connectivity index (χ2n) is 2.74. The number of hydrogen-bond acceptors (Lipinski definition) is 0. The van der Waals surface area contributed by atoms with Gasteiger partial charge in [-0.2, -0.15) is 0 Å². The molecular formula is C8H18Si. The molecule has 0 aliphatic carbocycles. The van der Waals surface area contributed by atoms with Crippen LogP contribution in [-0.2, 0) is 0 Å². The number of allylic oxidation sites excluding steroid dienone is 1. The van der Waals surface area contributed by atoms with Crippen molar-refractivity contribution in [3.63, 3.8) is 0 Å². The molecule has 9 heavy (non-hydrogen) atoms. The average molecular weight is 142 g/mol. The van der Waals surface area contributed by atoms with Crippen molar-refractivity contribution in [2.24, 2.45) is 0 Å². The van der Waals surface area contributed by atoms with Crippen LogP contribution in [0.1, 0.15) is 27.2 Å². The van der Waals surface area contributed by atoms with Crippen molar-refractivity contribution < 1.29 is 0 Å². The van der Waals surface area contributed by atoms with E-state index in [0.29, 0.717) is 0 Å². The van der Waals surface area contributed by atoms with Crippen molar-refractivity contribution in [1.82, 2.24) is 0 Å². The van der Waals surface area contributed by atoms with Gasteiger partial charge < -0.3 is 0 Å². The van der Waals surface area contributed by atoms with Gasteiger partial charge in [0.15, 0.2) is 0 Å². The van der Waals surface area contributed by atoms with Crippen LogP contribution >= 0.6 is 0 Å². The Morgan fingerprint density at radius 1 is 1.44 bits per heavy atom. The van der Waals surface area contributed by atoms with Gasteiger partial charge >= 0.3 is 0 Å². The van der Waals surface area contributed by atoms with Gasteiger partial charge in [0.05, 0.1) is 8.80 Å². The predicted molar refractivity (Wildman–Crippen MR) is 47.5 cm³/mol. The lowest BCUT2D eigenvalue weighted by molar-refractivity contribution is 1.05. The Morgan fingerprint density at radius 3 is 2.11 bits per heavy atom. The van der Waals surface area contributed by atoms with Gasteiger partial charge in [0.1, 0.15) is 0 Å². The Labute approximate surface area is 60.6 Å². The Bertz CT molecular complexity index is 86.6. The van der Waals surface area contributed by atoms with E-state index in [1.807, 2.05) is 0 Å². The highest BCUT2D eigenvalue weighted by molar-refractivity contribution is 6.66. The minimum atomic E-state index is -0.481. The molecule has 0 saturated heterocycles. The third-order valence-corrected chi connectivity index (χ3v) is 5.48. The fourth-order valence-corrected chi connectivity index (χ4v) is 3.44. The van der Waals surface area contributed by atoms with E-state index in [1.54, 1.807) is 0 Å². The maximum atomic E-state index is 4.01. The highest BCUT2D eigenvalue weighted by atomic mass is 28.3. The summed E-state index contributed by atoms with van der Waals surface area (Å²) >= 11 is 0. The van der Waals surface area contributed by atoms with Gasteiger partial charge in [0, 0.05) is 0 Å². The second kappa shape index (κ2) is 4.80. The standard InChI is InChI=1S/C8H18Si/c1-5-7-9(6-2)8(3)4/h9H,3,5-7H2,1-2,4H3. The molecule has 0 rings (SSSR count). The summed E-state index contributed by atoms with van der Waals surface area (Å²) in [5, 5.41) is 1.49. The average Bonchev–Trinajstić information content (AvgIpc) is 1.82. The number of rotatable bonds is 4. The summed E-state index contributed by atoms with van der Waals surface area (Å²) in [4.78, 5) is 0. The Balaban J connectivity index is 3.54. The van der Waals surface area contributed by atoms with Gasteiger partial charge in [-0.25, -0.2) is 0 Å². The minimum Gasteiger partial charge on any atom is -0.104 e. The van der Waals surface area contributed by atoms with Crippen LogP contribution in [0.5, 0.6) is 0 Å². The van der Waals surface area contributed by atoms with E-state index in [-0.39, 0.29) is 0 Å². The molecule has 0 aromatic carbocycles. The van der Waals surface area contributed by atoms with Crippen molar-refractivity contribution in [3.8, 4) is 0 Å². The molecule has 0 aromatic heterocycles. The van der Waals surface area contributed by atoms with Crippen LogP contribution in [-0.4, -0.2) is 8.80 Å². The maximum absolute atomic E-state index is 4.01.